The van der Waals surface area contributed by atoms with Crippen molar-refractivity contribution < 1.29 is 4.74 Å². The predicted octanol–water partition coefficient (Wildman–Crippen LogP) is 3.70. The second-order valence-electron chi connectivity index (χ2n) is 5.47. The van der Waals surface area contributed by atoms with Crippen molar-refractivity contribution in [1.29, 1.82) is 0 Å². The zero-order valence-electron chi connectivity index (χ0n) is 10.6. The quantitative estimate of drug-likeness (QED) is 0.761. The van der Waals surface area contributed by atoms with Gasteiger partial charge in [0.2, 0.25) is 0 Å². The van der Waals surface area contributed by atoms with Gasteiger partial charge in [-0.1, -0.05) is 15.9 Å². The Kier molecular flexibility index (Phi) is 3.90. The van der Waals surface area contributed by atoms with Crippen LogP contribution in [0.25, 0.3) is 0 Å². The summed E-state index contributed by atoms with van der Waals surface area (Å²) in [7, 11) is 0. The van der Waals surface area contributed by atoms with Crippen LogP contribution in [0.2, 0.25) is 0 Å². The predicted molar refractivity (Wildman–Crippen MR) is 77.0 cm³/mol. The second-order valence-corrected chi connectivity index (χ2v) is 6.39. The molecule has 0 bridgehead atoms. The van der Waals surface area contributed by atoms with Crippen LogP contribution in [0.4, 0.5) is 0 Å². The van der Waals surface area contributed by atoms with E-state index in [0.717, 1.165) is 35.3 Å². The molecule has 3 rings (SSSR count). The van der Waals surface area contributed by atoms with Gasteiger partial charge in [-0.25, -0.2) is 0 Å². The standard InChI is InChI=1S/C15H20BrNO/c16-13-3-7-15(8-4-13)18-10-9-17(14-5-6-14)11-12-1-2-12/h3-4,7-8,12,14H,1-2,5-6,9-11H2. The minimum Gasteiger partial charge on any atom is -0.492 e. The third-order valence-electron chi connectivity index (χ3n) is 3.71. The van der Waals surface area contributed by atoms with E-state index in [0.29, 0.717) is 0 Å². The number of nitrogens with zero attached hydrogens (tertiary/aromatic N) is 1. The van der Waals surface area contributed by atoms with Crippen LogP contribution in [0, 0.1) is 5.92 Å². The number of hydrogen-bond acceptors (Lipinski definition) is 2. The summed E-state index contributed by atoms with van der Waals surface area (Å²) in [6, 6.07) is 8.95. The van der Waals surface area contributed by atoms with Gasteiger partial charge in [-0.05, 0) is 55.9 Å². The van der Waals surface area contributed by atoms with Gasteiger partial charge >= 0.3 is 0 Å². The van der Waals surface area contributed by atoms with Crippen LogP contribution < -0.4 is 4.74 Å². The van der Waals surface area contributed by atoms with E-state index in [-0.39, 0.29) is 0 Å². The Hall–Kier alpha value is -0.540. The molecule has 1 aromatic rings. The van der Waals surface area contributed by atoms with E-state index >= 15 is 0 Å². The maximum atomic E-state index is 5.81. The highest BCUT2D eigenvalue weighted by atomic mass is 79.9. The van der Waals surface area contributed by atoms with Crippen LogP contribution in [-0.2, 0) is 0 Å². The fourth-order valence-electron chi connectivity index (χ4n) is 2.31. The summed E-state index contributed by atoms with van der Waals surface area (Å²) in [4.78, 5) is 2.64. The lowest BCUT2D eigenvalue weighted by molar-refractivity contribution is 0.195. The number of benzene rings is 1. The van der Waals surface area contributed by atoms with Gasteiger partial charge in [0.1, 0.15) is 12.4 Å². The Morgan fingerprint density at radius 2 is 1.83 bits per heavy atom. The molecule has 0 radical (unpaired) electrons. The van der Waals surface area contributed by atoms with Gasteiger partial charge < -0.3 is 4.74 Å². The van der Waals surface area contributed by atoms with E-state index in [1.165, 1.54) is 32.2 Å². The van der Waals surface area contributed by atoms with Crippen molar-refractivity contribution >= 4 is 15.9 Å². The first-order chi connectivity index (χ1) is 8.81. The average molecular weight is 310 g/mol. The molecule has 2 aliphatic rings. The molecule has 1 aromatic carbocycles. The first-order valence-electron chi connectivity index (χ1n) is 6.94. The molecule has 0 saturated heterocycles. The molecule has 0 spiro atoms. The average Bonchev–Trinajstić information content (AvgIpc) is 3.24. The fraction of sp³-hybridized carbons (Fsp3) is 0.600. The Morgan fingerprint density at radius 1 is 1.11 bits per heavy atom. The van der Waals surface area contributed by atoms with Crippen molar-refractivity contribution in [3.05, 3.63) is 28.7 Å². The van der Waals surface area contributed by atoms with E-state index < -0.39 is 0 Å². The van der Waals surface area contributed by atoms with Crippen LogP contribution in [0.3, 0.4) is 0 Å². The molecule has 18 heavy (non-hydrogen) atoms. The maximum absolute atomic E-state index is 5.81. The largest absolute Gasteiger partial charge is 0.492 e. The summed E-state index contributed by atoms with van der Waals surface area (Å²) in [6.45, 7) is 3.19. The molecule has 0 aliphatic heterocycles. The highest BCUT2D eigenvalue weighted by molar-refractivity contribution is 9.10. The smallest absolute Gasteiger partial charge is 0.119 e. The molecule has 0 aromatic heterocycles. The van der Waals surface area contributed by atoms with E-state index in [4.69, 9.17) is 4.74 Å². The molecule has 0 N–H and O–H groups in total. The van der Waals surface area contributed by atoms with E-state index in [2.05, 4.69) is 20.8 Å². The van der Waals surface area contributed by atoms with E-state index in [9.17, 15) is 0 Å². The summed E-state index contributed by atoms with van der Waals surface area (Å²) < 4.78 is 6.91. The van der Waals surface area contributed by atoms with Crippen molar-refractivity contribution in [2.75, 3.05) is 19.7 Å². The number of rotatable bonds is 7. The molecule has 2 aliphatic carbocycles. The lowest BCUT2D eigenvalue weighted by Gasteiger charge is -2.21. The van der Waals surface area contributed by atoms with Crippen molar-refractivity contribution in [3.63, 3.8) is 0 Å². The Morgan fingerprint density at radius 3 is 2.44 bits per heavy atom. The van der Waals surface area contributed by atoms with Gasteiger partial charge in [0.15, 0.2) is 0 Å². The lowest BCUT2D eigenvalue weighted by Crippen LogP contribution is -2.32. The van der Waals surface area contributed by atoms with Crippen LogP contribution in [0.5, 0.6) is 5.75 Å². The minimum absolute atomic E-state index is 0.810. The second kappa shape index (κ2) is 5.62. The molecular weight excluding hydrogens is 290 g/mol. The molecule has 0 heterocycles. The van der Waals surface area contributed by atoms with E-state index in [1.807, 2.05) is 24.3 Å². The zero-order valence-corrected chi connectivity index (χ0v) is 12.2. The molecule has 2 fully saturated rings. The molecule has 0 unspecified atom stereocenters. The fourth-order valence-corrected chi connectivity index (χ4v) is 2.57. The van der Waals surface area contributed by atoms with E-state index in [1.54, 1.807) is 0 Å². The SMILES string of the molecule is Brc1ccc(OCCN(CC2CC2)C2CC2)cc1. The van der Waals surface area contributed by atoms with Crippen LogP contribution in [-0.4, -0.2) is 30.6 Å². The third kappa shape index (κ3) is 3.72. The molecular formula is C15H20BrNO. The highest BCUT2D eigenvalue weighted by Gasteiger charge is 2.33. The van der Waals surface area contributed by atoms with Gasteiger partial charge in [-0.2, -0.15) is 0 Å². The number of ether oxygens (including phenoxy) is 1. The molecule has 2 nitrogen and oxygen atoms in total. The third-order valence-corrected chi connectivity index (χ3v) is 4.24. The van der Waals surface area contributed by atoms with Crippen molar-refractivity contribution in [3.8, 4) is 5.75 Å². The minimum atomic E-state index is 0.810. The normalized spacial score (nSPS) is 19.2. The van der Waals surface area contributed by atoms with Gasteiger partial charge in [-0.3, -0.25) is 4.90 Å². The molecule has 0 amide bonds. The summed E-state index contributed by atoms with van der Waals surface area (Å²) in [5.74, 6) is 1.96. The lowest BCUT2D eigenvalue weighted by atomic mass is 10.3. The maximum Gasteiger partial charge on any atom is 0.119 e. The van der Waals surface area contributed by atoms with Crippen LogP contribution in [0.1, 0.15) is 25.7 Å². The molecule has 0 atom stereocenters. The van der Waals surface area contributed by atoms with Gasteiger partial charge in [-0.15, -0.1) is 0 Å². The van der Waals surface area contributed by atoms with Gasteiger partial charge in [0, 0.05) is 23.6 Å². The Labute approximate surface area is 117 Å². The first kappa shape index (κ1) is 12.5. The first-order valence-corrected chi connectivity index (χ1v) is 7.73. The summed E-state index contributed by atoms with van der Waals surface area (Å²) in [5, 5.41) is 0. The summed E-state index contributed by atoms with van der Waals surface area (Å²) in [5.41, 5.74) is 0. The van der Waals surface area contributed by atoms with Gasteiger partial charge in [0.25, 0.3) is 0 Å². The van der Waals surface area contributed by atoms with Crippen molar-refractivity contribution in [1.82, 2.24) is 4.90 Å². The summed E-state index contributed by atoms with van der Waals surface area (Å²) in [6.07, 6.45) is 5.67. The molecule has 2 saturated carbocycles. The highest BCUT2D eigenvalue weighted by Crippen LogP contribution is 2.34. The van der Waals surface area contributed by atoms with Crippen molar-refractivity contribution in [2.24, 2.45) is 5.92 Å². The Bertz CT molecular complexity index is 384. The van der Waals surface area contributed by atoms with Crippen LogP contribution in [0.15, 0.2) is 28.7 Å². The molecule has 98 valence electrons. The summed E-state index contributed by atoms with van der Waals surface area (Å²) >= 11 is 3.43. The Balaban J connectivity index is 1.43. The molecule has 3 heteroatoms. The monoisotopic (exact) mass is 309 g/mol. The zero-order chi connectivity index (χ0) is 12.4. The van der Waals surface area contributed by atoms with Crippen molar-refractivity contribution in [2.45, 2.75) is 31.7 Å². The topological polar surface area (TPSA) is 12.5 Å². The van der Waals surface area contributed by atoms with Gasteiger partial charge in [0.05, 0.1) is 0 Å². The van der Waals surface area contributed by atoms with Crippen LogP contribution >= 0.6 is 15.9 Å². The number of hydrogen-bond donors (Lipinski definition) is 0. The number of halogens is 1.